The highest BCUT2D eigenvalue weighted by atomic mass is 16.5. The summed E-state index contributed by atoms with van der Waals surface area (Å²) >= 11 is 0. The fourth-order valence-corrected chi connectivity index (χ4v) is 2.44. The third-order valence-electron chi connectivity index (χ3n) is 3.71. The highest BCUT2D eigenvalue weighted by Gasteiger charge is 2.21. The zero-order valence-corrected chi connectivity index (χ0v) is 13.4. The summed E-state index contributed by atoms with van der Waals surface area (Å²) in [6.07, 6.45) is 0. The molecule has 1 heterocycles. The molecule has 2 aromatic carbocycles. The standard InChI is InChI=1S/C20H16O4/c1-13-8-10-14(11-9-13)17-12-16(21)18(20(22)23-2)19(24-17)15-6-4-3-5-7-15/h3-12H,1-2H3. The SMILES string of the molecule is COC(=O)c1c(-c2ccccc2)oc(-c2ccc(C)cc2)cc1=O. The van der Waals surface area contributed by atoms with Crippen molar-refractivity contribution >= 4 is 5.97 Å². The minimum Gasteiger partial charge on any atom is -0.465 e. The van der Waals surface area contributed by atoms with E-state index in [1.165, 1.54) is 13.2 Å². The number of aryl methyl sites for hydroxylation is 1. The summed E-state index contributed by atoms with van der Waals surface area (Å²) in [6, 6.07) is 18.0. The Morgan fingerprint density at radius 2 is 1.62 bits per heavy atom. The molecule has 3 rings (SSSR count). The van der Waals surface area contributed by atoms with Gasteiger partial charge in [-0.25, -0.2) is 4.79 Å². The van der Waals surface area contributed by atoms with E-state index >= 15 is 0 Å². The quantitative estimate of drug-likeness (QED) is 0.683. The van der Waals surface area contributed by atoms with Gasteiger partial charge < -0.3 is 9.15 Å². The van der Waals surface area contributed by atoms with Crippen molar-refractivity contribution in [2.45, 2.75) is 6.92 Å². The number of carbonyl (C=O) groups is 1. The highest BCUT2D eigenvalue weighted by Crippen LogP contribution is 2.28. The molecule has 120 valence electrons. The number of hydrogen-bond donors (Lipinski definition) is 0. The molecule has 0 radical (unpaired) electrons. The minimum atomic E-state index is -0.710. The first kappa shape index (κ1) is 15.7. The lowest BCUT2D eigenvalue weighted by molar-refractivity contribution is 0.0598. The number of rotatable bonds is 3. The second-order valence-electron chi connectivity index (χ2n) is 5.40. The molecule has 0 unspecified atom stereocenters. The van der Waals surface area contributed by atoms with E-state index in [-0.39, 0.29) is 11.3 Å². The molecule has 0 atom stereocenters. The molecule has 0 amide bonds. The normalized spacial score (nSPS) is 10.4. The fraction of sp³-hybridized carbons (Fsp3) is 0.100. The van der Waals surface area contributed by atoms with Crippen LogP contribution in [0, 0.1) is 6.92 Å². The van der Waals surface area contributed by atoms with Gasteiger partial charge in [0.25, 0.3) is 0 Å². The lowest BCUT2D eigenvalue weighted by Gasteiger charge is -2.09. The average Bonchev–Trinajstić information content (AvgIpc) is 2.62. The zero-order chi connectivity index (χ0) is 17.1. The fourth-order valence-electron chi connectivity index (χ4n) is 2.44. The van der Waals surface area contributed by atoms with Gasteiger partial charge in [0.15, 0.2) is 11.3 Å². The van der Waals surface area contributed by atoms with Crippen molar-refractivity contribution in [1.29, 1.82) is 0 Å². The van der Waals surface area contributed by atoms with Crippen LogP contribution in [0.2, 0.25) is 0 Å². The number of carbonyl (C=O) groups excluding carboxylic acids is 1. The largest absolute Gasteiger partial charge is 0.465 e. The maximum Gasteiger partial charge on any atom is 0.345 e. The van der Waals surface area contributed by atoms with E-state index in [9.17, 15) is 9.59 Å². The Morgan fingerprint density at radius 1 is 0.958 bits per heavy atom. The van der Waals surface area contributed by atoms with Gasteiger partial charge in [-0.1, -0.05) is 60.2 Å². The molecule has 0 bridgehead atoms. The average molecular weight is 320 g/mol. The zero-order valence-electron chi connectivity index (χ0n) is 13.4. The van der Waals surface area contributed by atoms with Crippen molar-refractivity contribution in [3.8, 4) is 22.6 Å². The summed E-state index contributed by atoms with van der Waals surface area (Å²) in [7, 11) is 1.24. The van der Waals surface area contributed by atoms with Crippen LogP contribution in [-0.2, 0) is 4.74 Å². The summed E-state index contributed by atoms with van der Waals surface area (Å²) < 4.78 is 10.7. The number of esters is 1. The molecule has 4 nitrogen and oxygen atoms in total. The molecule has 0 saturated carbocycles. The van der Waals surface area contributed by atoms with E-state index < -0.39 is 11.4 Å². The molecular weight excluding hydrogens is 304 g/mol. The van der Waals surface area contributed by atoms with E-state index in [0.717, 1.165) is 11.1 Å². The third-order valence-corrected chi connectivity index (χ3v) is 3.71. The number of methoxy groups -OCH3 is 1. The Morgan fingerprint density at radius 3 is 2.25 bits per heavy atom. The Bertz CT molecular complexity index is 922. The molecule has 1 aromatic heterocycles. The molecule has 0 saturated heterocycles. The number of hydrogen-bond acceptors (Lipinski definition) is 4. The van der Waals surface area contributed by atoms with Gasteiger partial charge in [-0.15, -0.1) is 0 Å². The maximum atomic E-state index is 12.5. The first-order valence-electron chi connectivity index (χ1n) is 7.49. The van der Waals surface area contributed by atoms with E-state index in [2.05, 4.69) is 0 Å². The number of ether oxygens (including phenoxy) is 1. The molecule has 0 aliphatic carbocycles. The van der Waals surface area contributed by atoms with Crippen LogP contribution >= 0.6 is 0 Å². The van der Waals surface area contributed by atoms with Crippen molar-refractivity contribution in [3.63, 3.8) is 0 Å². The smallest absolute Gasteiger partial charge is 0.345 e. The van der Waals surface area contributed by atoms with E-state index in [4.69, 9.17) is 9.15 Å². The van der Waals surface area contributed by atoms with Gasteiger partial charge in [0.05, 0.1) is 7.11 Å². The van der Waals surface area contributed by atoms with Gasteiger partial charge in [0, 0.05) is 17.2 Å². The predicted octanol–water partition coefficient (Wildman–Crippen LogP) is 4.07. The van der Waals surface area contributed by atoms with Gasteiger partial charge >= 0.3 is 5.97 Å². The topological polar surface area (TPSA) is 56.5 Å². The van der Waals surface area contributed by atoms with Crippen molar-refractivity contribution in [3.05, 3.63) is 82.0 Å². The molecule has 3 aromatic rings. The van der Waals surface area contributed by atoms with Gasteiger partial charge in [0.1, 0.15) is 5.76 Å². The minimum absolute atomic E-state index is 0.0976. The molecule has 0 spiro atoms. The lowest BCUT2D eigenvalue weighted by atomic mass is 10.0. The van der Waals surface area contributed by atoms with Crippen LogP contribution in [0.4, 0.5) is 0 Å². The van der Waals surface area contributed by atoms with Crippen LogP contribution in [0.5, 0.6) is 0 Å². The molecule has 4 heteroatoms. The summed E-state index contributed by atoms with van der Waals surface area (Å²) in [4.78, 5) is 24.6. The molecule has 0 N–H and O–H groups in total. The van der Waals surface area contributed by atoms with Gasteiger partial charge in [-0.3, -0.25) is 4.79 Å². The molecular formula is C20H16O4. The third kappa shape index (κ3) is 2.99. The van der Waals surface area contributed by atoms with Crippen molar-refractivity contribution < 1.29 is 13.9 Å². The van der Waals surface area contributed by atoms with Crippen LogP contribution in [0.3, 0.4) is 0 Å². The monoisotopic (exact) mass is 320 g/mol. The Kier molecular flexibility index (Phi) is 4.29. The number of benzene rings is 2. The second-order valence-corrected chi connectivity index (χ2v) is 5.40. The van der Waals surface area contributed by atoms with Crippen molar-refractivity contribution in [2.75, 3.05) is 7.11 Å². The van der Waals surface area contributed by atoms with Crippen LogP contribution in [-0.4, -0.2) is 13.1 Å². The predicted molar refractivity (Wildman–Crippen MR) is 91.9 cm³/mol. The first-order valence-corrected chi connectivity index (χ1v) is 7.49. The Balaban J connectivity index is 2.25. The summed E-state index contributed by atoms with van der Waals surface area (Å²) in [5.74, 6) is -0.0879. The molecule has 24 heavy (non-hydrogen) atoms. The maximum absolute atomic E-state index is 12.5. The van der Waals surface area contributed by atoms with Crippen LogP contribution in [0.25, 0.3) is 22.6 Å². The highest BCUT2D eigenvalue weighted by molar-refractivity contribution is 5.95. The Labute approximate surface area is 139 Å². The molecule has 0 aliphatic rings. The van der Waals surface area contributed by atoms with Gasteiger partial charge in [0.2, 0.25) is 5.43 Å². The molecule has 0 aliphatic heterocycles. The second kappa shape index (κ2) is 6.54. The summed E-state index contributed by atoms with van der Waals surface area (Å²) in [5.41, 5.74) is 1.99. The van der Waals surface area contributed by atoms with Crippen molar-refractivity contribution in [2.24, 2.45) is 0 Å². The van der Waals surface area contributed by atoms with Gasteiger partial charge in [-0.2, -0.15) is 0 Å². The summed E-state index contributed by atoms with van der Waals surface area (Å²) in [5, 5.41) is 0. The van der Waals surface area contributed by atoms with E-state index in [1.54, 1.807) is 12.1 Å². The molecule has 0 fully saturated rings. The van der Waals surface area contributed by atoms with Crippen LogP contribution < -0.4 is 5.43 Å². The van der Waals surface area contributed by atoms with Crippen molar-refractivity contribution in [1.82, 2.24) is 0 Å². The van der Waals surface area contributed by atoms with E-state index in [1.807, 2.05) is 49.4 Å². The first-order chi connectivity index (χ1) is 11.6. The van der Waals surface area contributed by atoms with Gasteiger partial charge in [-0.05, 0) is 6.92 Å². The van der Waals surface area contributed by atoms with E-state index in [0.29, 0.717) is 11.3 Å². The summed E-state index contributed by atoms with van der Waals surface area (Å²) in [6.45, 7) is 1.98. The van der Waals surface area contributed by atoms with Crippen LogP contribution in [0.1, 0.15) is 15.9 Å². The lowest BCUT2D eigenvalue weighted by Crippen LogP contribution is -2.17. The Hall–Kier alpha value is -3.14. The van der Waals surface area contributed by atoms with Crippen LogP contribution in [0.15, 0.2) is 69.9 Å².